The normalized spacial score (nSPS) is 31.6. The summed E-state index contributed by atoms with van der Waals surface area (Å²) in [5, 5.41) is 0. The van der Waals surface area contributed by atoms with E-state index in [2.05, 4.69) is 20.8 Å². The van der Waals surface area contributed by atoms with Crippen molar-refractivity contribution in [2.24, 2.45) is 23.2 Å². The molecule has 0 radical (unpaired) electrons. The summed E-state index contributed by atoms with van der Waals surface area (Å²) in [7, 11) is 0. The van der Waals surface area contributed by atoms with Gasteiger partial charge in [-0.1, -0.05) is 20.8 Å². The van der Waals surface area contributed by atoms with Crippen LogP contribution in [0, 0.1) is 23.2 Å². The molecule has 0 heterocycles. The van der Waals surface area contributed by atoms with Crippen molar-refractivity contribution in [3.05, 3.63) is 0 Å². The molecule has 0 aliphatic heterocycles. The average Bonchev–Trinajstić information content (AvgIpc) is 2.98. The maximum Gasteiger partial charge on any atom is 0.146 e. The highest BCUT2D eigenvalue weighted by molar-refractivity contribution is 6.04. The molecule has 0 N–H and O–H groups in total. The molecular formula is C14H22O2. The second-order valence-corrected chi connectivity index (χ2v) is 6.53. The summed E-state index contributed by atoms with van der Waals surface area (Å²) in [6.07, 6.45) is 4.42. The van der Waals surface area contributed by atoms with Gasteiger partial charge in [-0.3, -0.25) is 9.59 Å². The molecule has 0 aromatic carbocycles. The largest absolute Gasteiger partial charge is 0.299 e. The van der Waals surface area contributed by atoms with Crippen LogP contribution in [0.5, 0.6) is 0 Å². The van der Waals surface area contributed by atoms with Crippen LogP contribution in [0.25, 0.3) is 0 Å². The van der Waals surface area contributed by atoms with Crippen LogP contribution < -0.4 is 0 Å². The Kier molecular flexibility index (Phi) is 2.93. The lowest BCUT2D eigenvalue weighted by atomic mass is 9.67. The Hall–Kier alpha value is -0.660. The van der Waals surface area contributed by atoms with Crippen LogP contribution in [0.2, 0.25) is 0 Å². The van der Waals surface area contributed by atoms with Crippen molar-refractivity contribution in [1.29, 1.82) is 0 Å². The highest BCUT2D eigenvalue weighted by Crippen LogP contribution is 2.42. The van der Waals surface area contributed by atoms with Gasteiger partial charge in [0.15, 0.2) is 0 Å². The van der Waals surface area contributed by atoms with Gasteiger partial charge in [0.25, 0.3) is 0 Å². The molecule has 0 saturated heterocycles. The van der Waals surface area contributed by atoms with Crippen molar-refractivity contribution in [2.45, 2.75) is 52.9 Å². The van der Waals surface area contributed by atoms with E-state index in [1.807, 2.05) is 0 Å². The van der Waals surface area contributed by atoms with Crippen molar-refractivity contribution in [2.75, 3.05) is 0 Å². The van der Waals surface area contributed by atoms with Gasteiger partial charge in [-0.05, 0) is 37.0 Å². The molecule has 2 heteroatoms. The Labute approximate surface area is 97.8 Å². The standard InChI is InChI=1S/C14H22O2/c1-14(2,3)10-6-7-12(15)11(8-10)13(16)9-4-5-9/h9-11H,4-8H2,1-3H3. The first-order valence-electron chi connectivity index (χ1n) is 6.46. The Morgan fingerprint density at radius 3 is 2.31 bits per heavy atom. The molecule has 2 nitrogen and oxygen atoms in total. The van der Waals surface area contributed by atoms with E-state index >= 15 is 0 Å². The first kappa shape index (κ1) is 11.8. The molecule has 2 unspecified atom stereocenters. The topological polar surface area (TPSA) is 34.1 Å². The van der Waals surface area contributed by atoms with E-state index in [-0.39, 0.29) is 28.8 Å². The molecule has 90 valence electrons. The third kappa shape index (κ3) is 2.36. The lowest BCUT2D eigenvalue weighted by molar-refractivity contribution is -0.137. The van der Waals surface area contributed by atoms with Crippen LogP contribution in [0.3, 0.4) is 0 Å². The zero-order chi connectivity index (χ0) is 11.9. The van der Waals surface area contributed by atoms with Gasteiger partial charge in [-0.25, -0.2) is 0 Å². The maximum atomic E-state index is 12.0. The molecular weight excluding hydrogens is 200 g/mol. The summed E-state index contributed by atoms with van der Waals surface area (Å²) in [4.78, 5) is 23.8. The first-order valence-corrected chi connectivity index (χ1v) is 6.46. The van der Waals surface area contributed by atoms with Crippen LogP contribution in [0.1, 0.15) is 52.9 Å². The highest BCUT2D eigenvalue weighted by atomic mass is 16.2. The molecule has 0 amide bonds. The zero-order valence-corrected chi connectivity index (χ0v) is 10.6. The van der Waals surface area contributed by atoms with Gasteiger partial charge in [0.2, 0.25) is 0 Å². The number of rotatable bonds is 2. The molecule has 16 heavy (non-hydrogen) atoms. The monoisotopic (exact) mass is 222 g/mol. The minimum Gasteiger partial charge on any atom is -0.299 e. The van der Waals surface area contributed by atoms with Crippen molar-refractivity contribution in [3.63, 3.8) is 0 Å². The third-order valence-electron chi connectivity index (χ3n) is 4.20. The molecule has 2 rings (SSSR count). The van der Waals surface area contributed by atoms with Crippen molar-refractivity contribution in [1.82, 2.24) is 0 Å². The summed E-state index contributed by atoms with van der Waals surface area (Å²) in [5.74, 6) is 0.951. The predicted octanol–water partition coefficient (Wildman–Crippen LogP) is 3.00. The molecule has 2 saturated carbocycles. The lowest BCUT2D eigenvalue weighted by Crippen LogP contribution is -2.36. The van der Waals surface area contributed by atoms with E-state index in [0.717, 1.165) is 25.7 Å². The minimum atomic E-state index is -0.259. The van der Waals surface area contributed by atoms with E-state index < -0.39 is 0 Å². The Morgan fingerprint density at radius 2 is 1.81 bits per heavy atom. The molecule has 2 fully saturated rings. The predicted molar refractivity (Wildman–Crippen MR) is 63.0 cm³/mol. The number of hydrogen-bond acceptors (Lipinski definition) is 2. The number of Topliss-reactive ketones (excluding diaryl/α,β-unsaturated/α-hetero) is 2. The van der Waals surface area contributed by atoms with Gasteiger partial charge in [0.05, 0.1) is 5.92 Å². The summed E-state index contributed by atoms with van der Waals surface area (Å²) in [5.41, 5.74) is 0.225. The van der Waals surface area contributed by atoms with Crippen LogP contribution >= 0.6 is 0 Å². The van der Waals surface area contributed by atoms with Gasteiger partial charge in [-0.15, -0.1) is 0 Å². The fourth-order valence-corrected chi connectivity index (χ4v) is 2.74. The van der Waals surface area contributed by atoms with E-state index in [4.69, 9.17) is 0 Å². The van der Waals surface area contributed by atoms with E-state index in [0.29, 0.717) is 12.3 Å². The molecule has 0 aromatic heterocycles. The van der Waals surface area contributed by atoms with Crippen molar-refractivity contribution < 1.29 is 9.59 Å². The van der Waals surface area contributed by atoms with Gasteiger partial charge in [0, 0.05) is 12.3 Å². The summed E-state index contributed by atoms with van der Waals surface area (Å²) >= 11 is 0. The van der Waals surface area contributed by atoms with Gasteiger partial charge in [0.1, 0.15) is 11.6 Å². The van der Waals surface area contributed by atoms with Crippen LogP contribution in [0.15, 0.2) is 0 Å². The van der Waals surface area contributed by atoms with Gasteiger partial charge >= 0.3 is 0 Å². The Morgan fingerprint density at radius 1 is 1.19 bits per heavy atom. The molecule has 2 aliphatic carbocycles. The summed E-state index contributed by atoms with van der Waals surface area (Å²) in [6.45, 7) is 6.64. The van der Waals surface area contributed by atoms with E-state index in [1.54, 1.807) is 0 Å². The first-order chi connectivity index (χ1) is 7.39. The van der Waals surface area contributed by atoms with Crippen molar-refractivity contribution in [3.8, 4) is 0 Å². The number of hydrogen-bond donors (Lipinski definition) is 0. The maximum absolute atomic E-state index is 12.0. The smallest absolute Gasteiger partial charge is 0.146 e. The minimum absolute atomic E-state index is 0.206. The van der Waals surface area contributed by atoms with Crippen molar-refractivity contribution >= 4 is 11.6 Å². The van der Waals surface area contributed by atoms with Gasteiger partial charge in [-0.2, -0.15) is 0 Å². The highest BCUT2D eigenvalue weighted by Gasteiger charge is 2.43. The molecule has 0 spiro atoms. The summed E-state index contributed by atoms with van der Waals surface area (Å²) < 4.78 is 0. The average molecular weight is 222 g/mol. The number of carbonyl (C=O) groups is 2. The fourth-order valence-electron chi connectivity index (χ4n) is 2.74. The zero-order valence-electron chi connectivity index (χ0n) is 10.6. The molecule has 2 atom stereocenters. The third-order valence-corrected chi connectivity index (χ3v) is 4.20. The SMILES string of the molecule is CC(C)(C)C1CCC(=O)C(C(=O)C2CC2)C1. The number of carbonyl (C=O) groups excluding carboxylic acids is 2. The lowest BCUT2D eigenvalue weighted by Gasteiger charge is -2.36. The van der Waals surface area contributed by atoms with E-state index in [9.17, 15) is 9.59 Å². The molecule has 2 aliphatic rings. The second-order valence-electron chi connectivity index (χ2n) is 6.53. The molecule has 0 bridgehead atoms. The fraction of sp³-hybridized carbons (Fsp3) is 0.857. The van der Waals surface area contributed by atoms with Gasteiger partial charge < -0.3 is 0 Å². The number of ketones is 2. The van der Waals surface area contributed by atoms with Crippen LogP contribution in [0.4, 0.5) is 0 Å². The van der Waals surface area contributed by atoms with E-state index in [1.165, 1.54) is 0 Å². The molecule has 0 aromatic rings. The second kappa shape index (κ2) is 3.97. The van der Waals surface area contributed by atoms with Crippen LogP contribution in [-0.2, 0) is 9.59 Å². The van der Waals surface area contributed by atoms with Crippen LogP contribution in [-0.4, -0.2) is 11.6 Å². The quantitative estimate of drug-likeness (QED) is 0.673. The Bertz CT molecular complexity index is 307. The Balaban J connectivity index is 2.05. The summed E-state index contributed by atoms with van der Waals surface area (Å²) in [6, 6.07) is 0.